The lowest BCUT2D eigenvalue weighted by Gasteiger charge is -2.38. The predicted octanol–water partition coefficient (Wildman–Crippen LogP) is 4.04. The summed E-state index contributed by atoms with van der Waals surface area (Å²) in [6.07, 6.45) is 3.15. The van der Waals surface area contributed by atoms with Crippen molar-refractivity contribution in [3.05, 3.63) is 65.2 Å². The first kappa shape index (κ1) is 17.2. The first-order valence-electron chi connectivity index (χ1n) is 9.51. The van der Waals surface area contributed by atoms with Gasteiger partial charge in [0.2, 0.25) is 0 Å². The Morgan fingerprint density at radius 1 is 1.08 bits per heavy atom. The summed E-state index contributed by atoms with van der Waals surface area (Å²) in [6.45, 7) is 3.36. The van der Waals surface area contributed by atoms with Crippen molar-refractivity contribution in [3.63, 3.8) is 0 Å². The molecule has 2 aromatic rings. The van der Waals surface area contributed by atoms with E-state index < -0.39 is 6.17 Å². The van der Waals surface area contributed by atoms with E-state index in [0.717, 1.165) is 56.3 Å². The van der Waals surface area contributed by atoms with Crippen molar-refractivity contribution in [2.45, 2.75) is 31.5 Å². The van der Waals surface area contributed by atoms with Crippen molar-refractivity contribution in [1.82, 2.24) is 4.90 Å². The van der Waals surface area contributed by atoms with Crippen LogP contribution in [0, 0.1) is 0 Å². The Morgan fingerprint density at radius 3 is 2.58 bits per heavy atom. The minimum absolute atomic E-state index is 0.475. The van der Waals surface area contributed by atoms with E-state index in [-0.39, 0.29) is 0 Å². The van der Waals surface area contributed by atoms with E-state index in [1.807, 2.05) is 42.5 Å². The zero-order valence-electron chi connectivity index (χ0n) is 15.0. The van der Waals surface area contributed by atoms with Crippen LogP contribution in [0.1, 0.15) is 40.5 Å². The van der Waals surface area contributed by atoms with Gasteiger partial charge in [-0.15, -0.1) is 0 Å². The molecule has 4 rings (SSSR count). The second-order valence-corrected chi connectivity index (χ2v) is 7.36. The van der Waals surface area contributed by atoms with Gasteiger partial charge in [-0.2, -0.15) is 0 Å². The highest BCUT2D eigenvalue weighted by molar-refractivity contribution is 5.78. The fraction of sp³-hybridized carbons (Fsp3) is 0.409. The molecule has 0 radical (unpaired) electrons. The molecular formula is C22H25FN2O. The third kappa shape index (κ3) is 3.51. The Balaban J connectivity index is 1.36. The molecule has 0 N–H and O–H groups in total. The van der Waals surface area contributed by atoms with Crippen LogP contribution in [0.2, 0.25) is 0 Å². The van der Waals surface area contributed by atoms with Crippen molar-refractivity contribution in [2.24, 2.45) is 0 Å². The largest absolute Gasteiger partial charge is 0.368 e. The lowest BCUT2D eigenvalue weighted by Crippen LogP contribution is -2.45. The second kappa shape index (κ2) is 7.58. The van der Waals surface area contributed by atoms with Crippen molar-refractivity contribution < 1.29 is 9.18 Å². The maximum Gasteiger partial charge on any atom is 0.150 e. The van der Waals surface area contributed by atoms with E-state index in [2.05, 4.69) is 15.9 Å². The fourth-order valence-electron chi connectivity index (χ4n) is 4.28. The molecule has 26 heavy (non-hydrogen) atoms. The molecule has 1 unspecified atom stereocenters. The van der Waals surface area contributed by atoms with Crippen LogP contribution in [0.25, 0.3) is 0 Å². The van der Waals surface area contributed by atoms with Gasteiger partial charge in [0.1, 0.15) is 12.5 Å². The maximum absolute atomic E-state index is 14.5. The molecule has 3 nitrogen and oxygen atoms in total. The average molecular weight is 352 g/mol. The highest BCUT2D eigenvalue weighted by atomic mass is 19.1. The van der Waals surface area contributed by atoms with Gasteiger partial charge in [-0.1, -0.05) is 42.5 Å². The highest BCUT2D eigenvalue weighted by Crippen LogP contribution is 2.33. The molecule has 0 amide bonds. The van der Waals surface area contributed by atoms with Crippen LogP contribution >= 0.6 is 0 Å². The summed E-state index contributed by atoms with van der Waals surface area (Å²) >= 11 is 0. The van der Waals surface area contributed by atoms with Gasteiger partial charge in [-0.25, -0.2) is 4.39 Å². The predicted molar refractivity (Wildman–Crippen MR) is 103 cm³/mol. The van der Waals surface area contributed by atoms with Crippen LogP contribution < -0.4 is 4.90 Å². The third-order valence-electron chi connectivity index (χ3n) is 5.75. The van der Waals surface area contributed by atoms with Crippen LogP contribution in [-0.4, -0.2) is 43.4 Å². The number of fused-ring (bicyclic) bond motifs is 1. The summed E-state index contributed by atoms with van der Waals surface area (Å²) in [5, 5.41) is 0. The van der Waals surface area contributed by atoms with Gasteiger partial charge in [0.15, 0.2) is 0 Å². The van der Waals surface area contributed by atoms with Crippen molar-refractivity contribution in [1.29, 1.82) is 0 Å². The molecule has 136 valence electrons. The molecule has 0 aliphatic carbocycles. The Labute approximate surface area is 154 Å². The van der Waals surface area contributed by atoms with E-state index in [0.29, 0.717) is 12.6 Å². The highest BCUT2D eigenvalue weighted by Gasteiger charge is 2.30. The van der Waals surface area contributed by atoms with E-state index in [1.54, 1.807) is 0 Å². The van der Waals surface area contributed by atoms with Crippen molar-refractivity contribution >= 4 is 12.0 Å². The van der Waals surface area contributed by atoms with Crippen LogP contribution in [0.5, 0.6) is 0 Å². The van der Waals surface area contributed by atoms with Gasteiger partial charge in [-0.05, 0) is 36.5 Å². The number of anilines is 1. The molecule has 2 heterocycles. The Morgan fingerprint density at radius 2 is 1.85 bits per heavy atom. The number of piperidine rings is 1. The summed E-state index contributed by atoms with van der Waals surface area (Å²) in [4.78, 5) is 15.8. The summed E-state index contributed by atoms with van der Waals surface area (Å²) in [7, 11) is 0. The second-order valence-electron chi connectivity index (χ2n) is 7.36. The fourth-order valence-corrected chi connectivity index (χ4v) is 4.28. The van der Waals surface area contributed by atoms with Crippen molar-refractivity contribution in [2.75, 3.05) is 31.1 Å². The van der Waals surface area contributed by atoms with Gasteiger partial charge in [0.25, 0.3) is 0 Å². The Kier molecular flexibility index (Phi) is 5.02. The standard InChI is InChI=1S/C22H25FN2O/c23-21(18-4-2-1-3-5-18)15-24-11-9-20(10-12-24)25-13-8-19-7-6-17(16-26)14-22(19)25/h1-7,14,16,20-21H,8-13,15H2. The summed E-state index contributed by atoms with van der Waals surface area (Å²) in [6, 6.07) is 15.9. The van der Waals surface area contributed by atoms with Crippen LogP contribution in [0.4, 0.5) is 10.1 Å². The number of nitrogens with zero attached hydrogens (tertiary/aromatic N) is 2. The van der Waals surface area contributed by atoms with E-state index in [4.69, 9.17) is 0 Å². The average Bonchev–Trinajstić information content (AvgIpc) is 3.12. The number of alkyl halides is 1. The summed E-state index contributed by atoms with van der Waals surface area (Å²) in [5.41, 5.74) is 4.08. The number of benzene rings is 2. The smallest absolute Gasteiger partial charge is 0.150 e. The zero-order valence-corrected chi connectivity index (χ0v) is 15.0. The topological polar surface area (TPSA) is 23.6 Å². The van der Waals surface area contributed by atoms with Gasteiger partial charge in [-0.3, -0.25) is 9.69 Å². The molecule has 2 aliphatic rings. The molecule has 0 saturated carbocycles. The minimum Gasteiger partial charge on any atom is -0.368 e. The van der Waals surface area contributed by atoms with Gasteiger partial charge in [0, 0.05) is 43.5 Å². The number of likely N-dealkylation sites (tertiary alicyclic amines) is 1. The number of carbonyl (C=O) groups excluding carboxylic acids is 1. The molecule has 2 aliphatic heterocycles. The van der Waals surface area contributed by atoms with Gasteiger partial charge < -0.3 is 4.90 Å². The SMILES string of the molecule is O=Cc1ccc2c(c1)N(C1CCN(CC(F)c3ccccc3)CC1)CC2. The summed E-state index contributed by atoms with van der Waals surface area (Å²) in [5.74, 6) is 0. The number of aldehydes is 1. The quantitative estimate of drug-likeness (QED) is 0.759. The normalized spacial score (nSPS) is 19.3. The zero-order chi connectivity index (χ0) is 17.9. The van der Waals surface area contributed by atoms with Crippen LogP contribution in [-0.2, 0) is 6.42 Å². The summed E-state index contributed by atoms with van der Waals surface area (Å²) < 4.78 is 14.5. The maximum atomic E-state index is 14.5. The first-order chi connectivity index (χ1) is 12.7. The van der Waals surface area contributed by atoms with Crippen LogP contribution in [0.15, 0.2) is 48.5 Å². The van der Waals surface area contributed by atoms with Gasteiger partial charge >= 0.3 is 0 Å². The molecule has 1 saturated heterocycles. The van der Waals surface area contributed by atoms with E-state index in [1.165, 1.54) is 11.3 Å². The molecule has 4 heteroatoms. The van der Waals surface area contributed by atoms with Gasteiger partial charge in [0.05, 0.1) is 0 Å². The number of carbonyl (C=O) groups is 1. The first-order valence-corrected chi connectivity index (χ1v) is 9.51. The number of rotatable bonds is 5. The Hall–Kier alpha value is -2.20. The molecule has 2 aromatic carbocycles. The third-order valence-corrected chi connectivity index (χ3v) is 5.75. The van der Waals surface area contributed by atoms with Crippen molar-refractivity contribution in [3.8, 4) is 0 Å². The molecule has 0 spiro atoms. The lowest BCUT2D eigenvalue weighted by molar-refractivity contribution is 0.112. The molecule has 0 bridgehead atoms. The molecule has 0 aromatic heterocycles. The van der Waals surface area contributed by atoms with Crippen LogP contribution in [0.3, 0.4) is 0 Å². The minimum atomic E-state index is -0.921. The molecule has 1 fully saturated rings. The molecular weight excluding hydrogens is 327 g/mol. The van der Waals surface area contributed by atoms with E-state index >= 15 is 0 Å². The number of hydrogen-bond donors (Lipinski definition) is 0. The number of hydrogen-bond acceptors (Lipinski definition) is 3. The number of halogens is 1. The monoisotopic (exact) mass is 352 g/mol. The molecule has 1 atom stereocenters. The van der Waals surface area contributed by atoms with E-state index in [9.17, 15) is 9.18 Å². The Bertz CT molecular complexity index is 756. The lowest BCUT2D eigenvalue weighted by atomic mass is 10.0.